The van der Waals surface area contributed by atoms with Gasteiger partial charge in [0.2, 0.25) is 0 Å². The highest BCUT2D eigenvalue weighted by Gasteiger charge is 2.30. The molecule has 1 N–H and O–H groups in total. The Hall–Kier alpha value is -0.520. The molecule has 0 aromatic heterocycles. The van der Waals surface area contributed by atoms with Crippen molar-refractivity contribution in [1.29, 1.82) is 0 Å². The molecule has 0 saturated carbocycles. The van der Waals surface area contributed by atoms with Crippen molar-refractivity contribution in [2.45, 2.75) is 18.9 Å². The highest BCUT2D eigenvalue weighted by molar-refractivity contribution is 9.10. The molecule has 2 unspecified atom stereocenters. The van der Waals surface area contributed by atoms with Crippen LogP contribution in [0.3, 0.4) is 0 Å². The van der Waals surface area contributed by atoms with Gasteiger partial charge in [-0.05, 0) is 31.5 Å². The van der Waals surface area contributed by atoms with E-state index in [1.165, 1.54) is 6.07 Å². The van der Waals surface area contributed by atoms with Crippen LogP contribution in [0, 0.1) is 11.7 Å². The van der Waals surface area contributed by atoms with Crippen LogP contribution in [0.1, 0.15) is 24.5 Å². The SMILES string of the molecule is OC(c1ccc(Br)cc1F)C1CCN(CCCF)C1. The van der Waals surface area contributed by atoms with E-state index in [9.17, 15) is 13.9 Å². The zero-order valence-corrected chi connectivity index (χ0v) is 12.2. The summed E-state index contributed by atoms with van der Waals surface area (Å²) in [6, 6.07) is 4.72. The maximum Gasteiger partial charge on any atom is 0.130 e. The molecule has 0 radical (unpaired) electrons. The van der Waals surface area contributed by atoms with E-state index in [0.717, 1.165) is 13.0 Å². The minimum atomic E-state index is -0.788. The third-order valence-electron chi connectivity index (χ3n) is 3.64. The molecule has 106 valence electrons. The Morgan fingerprint density at radius 2 is 2.26 bits per heavy atom. The molecule has 0 amide bonds. The predicted molar refractivity (Wildman–Crippen MR) is 74.2 cm³/mol. The summed E-state index contributed by atoms with van der Waals surface area (Å²) >= 11 is 3.20. The smallest absolute Gasteiger partial charge is 0.130 e. The number of halogens is 3. The van der Waals surface area contributed by atoms with Gasteiger partial charge in [0.05, 0.1) is 12.8 Å². The first-order valence-electron chi connectivity index (χ1n) is 6.53. The summed E-state index contributed by atoms with van der Waals surface area (Å²) in [6.07, 6.45) is 0.557. The number of alkyl halides is 1. The topological polar surface area (TPSA) is 23.5 Å². The molecule has 1 aromatic carbocycles. The van der Waals surface area contributed by atoms with Crippen LogP contribution in [0.4, 0.5) is 8.78 Å². The summed E-state index contributed by atoms with van der Waals surface area (Å²) in [5.41, 5.74) is 0.348. The van der Waals surface area contributed by atoms with Gasteiger partial charge in [0.1, 0.15) is 5.82 Å². The molecular weight excluding hydrogens is 316 g/mol. The van der Waals surface area contributed by atoms with Crippen molar-refractivity contribution in [3.05, 3.63) is 34.1 Å². The van der Waals surface area contributed by atoms with Crippen molar-refractivity contribution in [1.82, 2.24) is 4.90 Å². The van der Waals surface area contributed by atoms with E-state index in [4.69, 9.17) is 0 Å². The number of likely N-dealkylation sites (tertiary alicyclic amines) is 1. The van der Waals surface area contributed by atoms with Crippen LogP contribution in [-0.4, -0.2) is 36.3 Å². The summed E-state index contributed by atoms with van der Waals surface area (Å²) in [5, 5.41) is 10.3. The standard InChI is InChI=1S/C14H18BrF2NO/c15-11-2-3-12(13(17)8-11)14(19)10-4-7-18(9-10)6-1-5-16/h2-3,8,10,14,19H,1,4-7,9H2. The lowest BCUT2D eigenvalue weighted by Gasteiger charge is -2.20. The van der Waals surface area contributed by atoms with Gasteiger partial charge < -0.3 is 10.0 Å². The van der Waals surface area contributed by atoms with Gasteiger partial charge >= 0.3 is 0 Å². The Morgan fingerprint density at radius 1 is 1.47 bits per heavy atom. The molecule has 2 atom stereocenters. The first kappa shape index (κ1) is 14.9. The van der Waals surface area contributed by atoms with Gasteiger partial charge in [-0.15, -0.1) is 0 Å². The summed E-state index contributed by atoms with van der Waals surface area (Å²) in [5.74, 6) is -0.362. The van der Waals surface area contributed by atoms with Gasteiger partial charge in [-0.25, -0.2) is 4.39 Å². The monoisotopic (exact) mass is 333 g/mol. The fraction of sp³-hybridized carbons (Fsp3) is 0.571. The zero-order chi connectivity index (χ0) is 13.8. The number of nitrogens with zero attached hydrogens (tertiary/aromatic N) is 1. The average molecular weight is 334 g/mol. The number of hydrogen-bond acceptors (Lipinski definition) is 2. The van der Waals surface area contributed by atoms with Crippen LogP contribution in [0.5, 0.6) is 0 Å². The van der Waals surface area contributed by atoms with Gasteiger partial charge in [0, 0.05) is 29.0 Å². The minimum absolute atomic E-state index is 0.0234. The van der Waals surface area contributed by atoms with E-state index in [2.05, 4.69) is 20.8 Å². The molecule has 19 heavy (non-hydrogen) atoms. The van der Waals surface area contributed by atoms with E-state index in [0.29, 0.717) is 29.5 Å². The van der Waals surface area contributed by atoms with Crippen molar-refractivity contribution in [2.75, 3.05) is 26.3 Å². The van der Waals surface area contributed by atoms with Gasteiger partial charge in [0.25, 0.3) is 0 Å². The van der Waals surface area contributed by atoms with Crippen LogP contribution in [-0.2, 0) is 0 Å². The van der Waals surface area contributed by atoms with E-state index in [1.54, 1.807) is 12.1 Å². The van der Waals surface area contributed by atoms with E-state index in [-0.39, 0.29) is 18.4 Å². The Balaban J connectivity index is 1.98. The second-order valence-corrected chi connectivity index (χ2v) is 5.92. The van der Waals surface area contributed by atoms with Crippen LogP contribution in [0.2, 0.25) is 0 Å². The lowest BCUT2D eigenvalue weighted by molar-refractivity contribution is 0.107. The van der Waals surface area contributed by atoms with Crippen molar-refractivity contribution < 1.29 is 13.9 Å². The molecule has 1 aliphatic heterocycles. The molecule has 0 bridgehead atoms. The van der Waals surface area contributed by atoms with Crippen LogP contribution in [0.25, 0.3) is 0 Å². The fourth-order valence-corrected chi connectivity index (χ4v) is 2.94. The molecule has 2 nitrogen and oxygen atoms in total. The Morgan fingerprint density at radius 3 is 2.95 bits per heavy atom. The van der Waals surface area contributed by atoms with Gasteiger partial charge in [-0.3, -0.25) is 4.39 Å². The first-order valence-corrected chi connectivity index (χ1v) is 7.32. The Labute approximate surface area is 120 Å². The first-order chi connectivity index (χ1) is 9.11. The van der Waals surface area contributed by atoms with E-state index >= 15 is 0 Å². The highest BCUT2D eigenvalue weighted by Crippen LogP contribution is 2.32. The molecule has 2 rings (SSSR count). The molecule has 5 heteroatoms. The Bertz CT molecular complexity index is 430. The third kappa shape index (κ3) is 3.74. The fourth-order valence-electron chi connectivity index (χ4n) is 2.60. The van der Waals surface area contributed by atoms with E-state index < -0.39 is 6.10 Å². The van der Waals surface area contributed by atoms with Gasteiger partial charge in [-0.2, -0.15) is 0 Å². The van der Waals surface area contributed by atoms with Crippen molar-refractivity contribution >= 4 is 15.9 Å². The number of aliphatic hydroxyl groups excluding tert-OH is 1. The zero-order valence-electron chi connectivity index (χ0n) is 10.7. The lowest BCUT2D eigenvalue weighted by atomic mass is 9.95. The van der Waals surface area contributed by atoms with Crippen LogP contribution < -0.4 is 0 Å². The quantitative estimate of drug-likeness (QED) is 0.893. The second-order valence-electron chi connectivity index (χ2n) is 5.00. The summed E-state index contributed by atoms with van der Waals surface area (Å²) in [6.45, 7) is 1.95. The van der Waals surface area contributed by atoms with Crippen LogP contribution >= 0.6 is 15.9 Å². The third-order valence-corrected chi connectivity index (χ3v) is 4.14. The summed E-state index contributed by atoms with van der Waals surface area (Å²) < 4.78 is 26.6. The second kappa shape index (κ2) is 6.77. The normalized spacial score (nSPS) is 21.8. The van der Waals surface area contributed by atoms with Crippen molar-refractivity contribution in [3.63, 3.8) is 0 Å². The molecule has 0 aliphatic carbocycles. The van der Waals surface area contributed by atoms with Gasteiger partial charge in [0.15, 0.2) is 0 Å². The van der Waals surface area contributed by atoms with E-state index in [1.807, 2.05) is 0 Å². The molecule has 1 fully saturated rings. The maximum atomic E-state index is 13.8. The molecule has 0 spiro atoms. The number of benzene rings is 1. The predicted octanol–water partition coefficient (Wildman–Crippen LogP) is 3.30. The molecule has 1 heterocycles. The number of hydrogen-bond donors (Lipinski definition) is 1. The lowest BCUT2D eigenvalue weighted by Crippen LogP contribution is -2.24. The number of rotatable bonds is 5. The average Bonchev–Trinajstić information content (AvgIpc) is 2.84. The molecule has 1 saturated heterocycles. The molecular formula is C14H18BrF2NO. The Kier molecular flexibility index (Phi) is 5.30. The minimum Gasteiger partial charge on any atom is -0.388 e. The molecule has 1 aliphatic rings. The van der Waals surface area contributed by atoms with Crippen LogP contribution in [0.15, 0.2) is 22.7 Å². The van der Waals surface area contributed by atoms with Crippen molar-refractivity contribution in [2.24, 2.45) is 5.92 Å². The number of aliphatic hydroxyl groups is 1. The molecule has 1 aromatic rings. The summed E-state index contributed by atoms with van der Waals surface area (Å²) in [7, 11) is 0. The van der Waals surface area contributed by atoms with Crippen molar-refractivity contribution in [3.8, 4) is 0 Å². The van der Waals surface area contributed by atoms with Gasteiger partial charge in [-0.1, -0.05) is 22.0 Å². The summed E-state index contributed by atoms with van der Waals surface area (Å²) in [4.78, 5) is 2.13. The maximum absolute atomic E-state index is 13.8. The highest BCUT2D eigenvalue weighted by atomic mass is 79.9. The largest absolute Gasteiger partial charge is 0.388 e.